The second kappa shape index (κ2) is 18.6. The first-order valence-electron chi connectivity index (χ1n) is 15.0. The molecule has 64 heavy (non-hydrogen) atoms. The first-order valence-corrected chi connectivity index (χ1v) is 15.0. The van der Waals surface area contributed by atoms with Gasteiger partial charge in [-0.15, -0.1) is 20.5 Å². The van der Waals surface area contributed by atoms with Gasteiger partial charge in [-0.3, -0.25) is 121 Å². The molecule has 0 saturated heterocycles. The van der Waals surface area contributed by atoms with Crippen LogP contribution < -0.4 is 0 Å². The number of azo groups is 2. The Kier molecular flexibility index (Phi) is 13.8. The van der Waals surface area contributed by atoms with Gasteiger partial charge >= 0.3 is 51.2 Å². The number of rotatable bonds is 16. The van der Waals surface area contributed by atoms with Crippen LogP contribution >= 0.6 is 0 Å². The molecule has 0 atom stereocenters. The van der Waals surface area contributed by atoms with Gasteiger partial charge in [0.15, 0.2) is 5.69 Å². The molecule has 4 aromatic carbocycles. The van der Waals surface area contributed by atoms with E-state index in [1.807, 2.05) is 0 Å². The summed E-state index contributed by atoms with van der Waals surface area (Å²) in [5.74, 6) is 0. The van der Waals surface area contributed by atoms with Crippen molar-refractivity contribution in [3.8, 4) is 0 Å². The number of hydrogen-bond acceptors (Lipinski definition) is 28. The third kappa shape index (κ3) is 9.76. The maximum absolute atomic E-state index is 11.4. The van der Waals surface area contributed by atoms with Crippen LogP contribution in [0.3, 0.4) is 0 Å². The second-order valence-electron chi connectivity index (χ2n) is 10.7. The molecular formula is C24H8N16O24. The highest BCUT2D eigenvalue weighted by molar-refractivity contribution is 5.93. The maximum Gasteiger partial charge on any atom is 0.437 e. The summed E-state index contributed by atoms with van der Waals surface area (Å²) in [4.78, 5) is 117. The molecule has 0 unspecified atom stereocenters. The van der Waals surface area contributed by atoms with Gasteiger partial charge in [-0.25, -0.2) is 0 Å². The molecule has 0 aliphatic heterocycles. The largest absolute Gasteiger partial charge is 0.437 e. The molecule has 0 fully saturated rings. The molecular weight excluding hydrogens is 896 g/mol. The summed E-state index contributed by atoms with van der Waals surface area (Å²) in [5.41, 5.74) is -23.0. The summed E-state index contributed by atoms with van der Waals surface area (Å²) in [5, 5.41) is 147. The fourth-order valence-corrected chi connectivity index (χ4v) is 4.69. The smallest absolute Gasteiger partial charge is 0.258 e. The molecule has 0 saturated carbocycles. The Balaban J connectivity index is 0.000000340. The van der Waals surface area contributed by atoms with E-state index in [2.05, 4.69) is 20.5 Å². The Morgan fingerprint density at radius 1 is 0.281 bits per heavy atom. The van der Waals surface area contributed by atoms with Crippen molar-refractivity contribution in [2.24, 2.45) is 20.5 Å². The summed E-state index contributed by atoms with van der Waals surface area (Å²) < 4.78 is 0. The summed E-state index contributed by atoms with van der Waals surface area (Å²) in [6.45, 7) is 0. The van der Waals surface area contributed by atoms with E-state index in [4.69, 9.17) is 0 Å². The van der Waals surface area contributed by atoms with Gasteiger partial charge in [-0.2, -0.15) is 0 Å². The third-order valence-corrected chi connectivity index (χ3v) is 7.16. The molecule has 0 aromatic heterocycles. The lowest BCUT2D eigenvalue weighted by atomic mass is 10.1. The average Bonchev–Trinajstić information content (AvgIpc) is 3.20. The van der Waals surface area contributed by atoms with E-state index in [9.17, 15) is 121 Å². The number of nitrogens with zero attached hydrogens (tertiary/aromatic N) is 16. The van der Waals surface area contributed by atoms with Crippen LogP contribution in [0.25, 0.3) is 0 Å². The van der Waals surface area contributed by atoms with Crippen LogP contribution in [0.15, 0.2) is 69.0 Å². The molecule has 4 aromatic rings. The third-order valence-electron chi connectivity index (χ3n) is 7.16. The molecule has 328 valence electrons. The van der Waals surface area contributed by atoms with Crippen LogP contribution in [0, 0.1) is 121 Å². The number of benzene rings is 4. The zero-order chi connectivity index (χ0) is 48.7. The highest BCUT2D eigenvalue weighted by Gasteiger charge is 2.55. The van der Waals surface area contributed by atoms with E-state index in [-0.39, 0.29) is 0 Å². The van der Waals surface area contributed by atoms with Crippen LogP contribution in [-0.2, 0) is 0 Å². The monoisotopic (exact) mass is 904 g/mol. The van der Waals surface area contributed by atoms with Gasteiger partial charge in [-0.1, -0.05) is 12.1 Å². The number of nitro groups is 12. The summed E-state index contributed by atoms with van der Waals surface area (Å²) in [6, 6.07) is 5.38. The number of nitro benzene ring substituents is 12. The quantitative estimate of drug-likeness (QED) is 0.0614. The van der Waals surface area contributed by atoms with Gasteiger partial charge in [-0.05, 0) is 6.07 Å². The van der Waals surface area contributed by atoms with E-state index < -0.39 is 150 Å². The molecule has 0 amide bonds. The van der Waals surface area contributed by atoms with Crippen molar-refractivity contribution in [1.82, 2.24) is 0 Å². The molecule has 0 bridgehead atoms. The van der Waals surface area contributed by atoms with Gasteiger partial charge in [0.25, 0.3) is 22.7 Å². The molecule has 4 rings (SSSR count). The lowest BCUT2D eigenvalue weighted by Crippen LogP contribution is -2.08. The first kappa shape index (κ1) is 47.3. The Labute approximate surface area is 340 Å². The van der Waals surface area contributed by atoms with E-state index >= 15 is 0 Å². The minimum Gasteiger partial charge on any atom is -0.258 e. The average molecular weight is 904 g/mol. The van der Waals surface area contributed by atoms with Crippen LogP contribution in [0.1, 0.15) is 0 Å². The molecule has 0 aliphatic carbocycles. The van der Waals surface area contributed by atoms with Crippen molar-refractivity contribution in [2.75, 3.05) is 0 Å². The van der Waals surface area contributed by atoms with Crippen molar-refractivity contribution in [3.05, 3.63) is 170 Å². The minimum absolute atomic E-state index is 0.292. The van der Waals surface area contributed by atoms with Gasteiger partial charge in [0.1, 0.15) is 0 Å². The standard InChI is InChI=1S/2C12H4N8O12/c21-15(22)5-1-7(17(25)26)11(8(2-5)18(27)28)13-14-12-9(19(29)30)3-6(16(23)24)4-10(12)20(31)32;21-15(22)6-4-2-1-3-5(6)13-14-7-8(16(23)24)10(18(27)28)12(20(31)32)11(19(29)30)9(7)17(25)26/h2*1-4H. The van der Waals surface area contributed by atoms with Crippen molar-refractivity contribution in [1.29, 1.82) is 0 Å². The molecule has 0 aliphatic rings. The van der Waals surface area contributed by atoms with E-state index in [0.29, 0.717) is 24.3 Å². The Morgan fingerprint density at radius 2 is 0.547 bits per heavy atom. The van der Waals surface area contributed by atoms with E-state index in [1.165, 1.54) is 12.1 Å². The Bertz CT molecular complexity index is 2680. The van der Waals surface area contributed by atoms with E-state index in [0.717, 1.165) is 12.1 Å². The van der Waals surface area contributed by atoms with Crippen LogP contribution in [0.2, 0.25) is 0 Å². The van der Waals surface area contributed by atoms with Gasteiger partial charge in [0, 0.05) is 6.07 Å². The normalized spacial score (nSPS) is 10.6. The molecule has 0 radical (unpaired) electrons. The fourth-order valence-electron chi connectivity index (χ4n) is 4.69. The number of hydrogen-bond donors (Lipinski definition) is 0. The molecule has 0 spiro atoms. The second-order valence-corrected chi connectivity index (χ2v) is 10.7. The van der Waals surface area contributed by atoms with Crippen LogP contribution in [0.5, 0.6) is 0 Å². The van der Waals surface area contributed by atoms with Crippen molar-refractivity contribution >= 4 is 91.0 Å². The van der Waals surface area contributed by atoms with Gasteiger partial charge in [0.2, 0.25) is 11.4 Å². The zero-order valence-corrected chi connectivity index (χ0v) is 29.6. The van der Waals surface area contributed by atoms with E-state index in [1.54, 1.807) is 0 Å². The first-order chi connectivity index (χ1) is 29.7. The highest BCUT2D eigenvalue weighted by atomic mass is 16.7. The van der Waals surface area contributed by atoms with Crippen molar-refractivity contribution in [2.45, 2.75) is 0 Å². The van der Waals surface area contributed by atoms with Gasteiger partial charge < -0.3 is 0 Å². The predicted molar refractivity (Wildman–Crippen MR) is 194 cm³/mol. The lowest BCUT2D eigenvalue weighted by Gasteiger charge is -2.03. The summed E-state index contributed by atoms with van der Waals surface area (Å²) in [6.07, 6.45) is 0. The number of para-hydroxylation sites is 1. The van der Waals surface area contributed by atoms with Gasteiger partial charge in [0.05, 0.1) is 83.3 Å². The number of non-ortho nitro benzene ring substituents is 2. The molecule has 0 N–H and O–H groups in total. The maximum atomic E-state index is 11.4. The lowest BCUT2D eigenvalue weighted by molar-refractivity contribution is -0.459. The molecule has 40 heteroatoms. The molecule has 40 nitrogen and oxygen atoms in total. The Morgan fingerprint density at radius 3 is 0.812 bits per heavy atom. The van der Waals surface area contributed by atoms with Crippen LogP contribution in [-0.4, -0.2) is 59.1 Å². The summed E-state index contributed by atoms with van der Waals surface area (Å²) >= 11 is 0. The highest BCUT2D eigenvalue weighted by Crippen LogP contribution is 2.56. The predicted octanol–water partition coefficient (Wildman–Crippen LogP) is 7.10. The fraction of sp³-hybridized carbons (Fsp3) is 0. The molecule has 0 heterocycles. The SMILES string of the molecule is O=[N+]([O-])c1cc([N+](=O)[O-])c(N=Nc2c([N+](=O)[O-])cc([N+](=O)[O-])cc2[N+](=O)[O-])c([N+](=O)[O-])c1.O=[N+]([O-])c1ccccc1N=Nc1c([N+](=O)[O-])c([N+](=O)[O-])c([N+](=O)[O-])c([N+](=O)[O-])c1[N+](=O)[O-]. The van der Waals surface area contributed by atoms with Crippen molar-refractivity contribution in [3.63, 3.8) is 0 Å². The summed E-state index contributed by atoms with van der Waals surface area (Å²) in [7, 11) is 0. The Hall–Kier alpha value is -11.1. The van der Waals surface area contributed by atoms with Crippen molar-refractivity contribution < 1.29 is 59.1 Å². The topological polar surface area (TPSA) is 567 Å². The minimum atomic E-state index is -2.12. The zero-order valence-electron chi connectivity index (χ0n) is 29.6. The van der Waals surface area contributed by atoms with Crippen LogP contribution in [0.4, 0.5) is 91.0 Å².